The summed E-state index contributed by atoms with van der Waals surface area (Å²) in [5.74, 6) is 0. The first-order valence-corrected chi connectivity index (χ1v) is 5.14. The molecule has 3 heteroatoms. The molecule has 0 aromatic heterocycles. The van der Waals surface area contributed by atoms with Gasteiger partial charge in [0.1, 0.15) is 0 Å². The van der Waals surface area contributed by atoms with Crippen LogP contribution in [-0.2, 0) is 11.3 Å². The predicted octanol–water partition coefficient (Wildman–Crippen LogP) is 2.31. The van der Waals surface area contributed by atoms with Gasteiger partial charge in [0.05, 0.1) is 6.61 Å². The minimum Gasteiger partial charge on any atom is -0.377 e. The van der Waals surface area contributed by atoms with Crippen molar-refractivity contribution in [3.63, 3.8) is 0 Å². The molecule has 2 N–H and O–H groups in total. The lowest BCUT2D eigenvalue weighted by Crippen LogP contribution is -2.04. The molecular formula is C10H14BrNO. The van der Waals surface area contributed by atoms with E-state index in [1.54, 1.807) is 0 Å². The Bertz CT molecular complexity index is 235. The van der Waals surface area contributed by atoms with E-state index in [1.165, 1.54) is 5.56 Å². The van der Waals surface area contributed by atoms with Crippen molar-refractivity contribution in [3.8, 4) is 0 Å². The van der Waals surface area contributed by atoms with Crippen molar-refractivity contribution < 1.29 is 4.74 Å². The average molecular weight is 244 g/mol. The number of hydrogen-bond donors (Lipinski definition) is 1. The third kappa shape index (κ3) is 4.41. The molecule has 0 atom stereocenters. The molecule has 0 aliphatic carbocycles. The topological polar surface area (TPSA) is 35.2 Å². The highest BCUT2D eigenvalue weighted by molar-refractivity contribution is 9.10. The van der Waals surface area contributed by atoms with Gasteiger partial charge in [-0.25, -0.2) is 0 Å². The summed E-state index contributed by atoms with van der Waals surface area (Å²) in [7, 11) is 0. The van der Waals surface area contributed by atoms with Crippen LogP contribution in [0, 0.1) is 0 Å². The van der Waals surface area contributed by atoms with Gasteiger partial charge in [0.15, 0.2) is 0 Å². The molecule has 72 valence electrons. The Kier molecular flexibility index (Phi) is 5.05. The molecule has 0 unspecified atom stereocenters. The molecule has 1 aromatic rings. The first-order valence-electron chi connectivity index (χ1n) is 4.35. The molecule has 1 aromatic carbocycles. The van der Waals surface area contributed by atoms with E-state index in [4.69, 9.17) is 10.5 Å². The van der Waals surface area contributed by atoms with Crippen molar-refractivity contribution in [2.24, 2.45) is 5.73 Å². The van der Waals surface area contributed by atoms with Gasteiger partial charge in [-0.1, -0.05) is 28.1 Å². The van der Waals surface area contributed by atoms with E-state index in [1.807, 2.05) is 24.3 Å². The van der Waals surface area contributed by atoms with E-state index < -0.39 is 0 Å². The smallest absolute Gasteiger partial charge is 0.0716 e. The number of benzene rings is 1. The highest BCUT2D eigenvalue weighted by atomic mass is 79.9. The Morgan fingerprint density at radius 2 is 1.92 bits per heavy atom. The summed E-state index contributed by atoms with van der Waals surface area (Å²) in [6, 6.07) is 8.13. The van der Waals surface area contributed by atoms with Crippen molar-refractivity contribution in [2.45, 2.75) is 13.0 Å². The van der Waals surface area contributed by atoms with E-state index in [2.05, 4.69) is 15.9 Å². The van der Waals surface area contributed by atoms with E-state index in [0.717, 1.165) is 17.5 Å². The molecule has 0 heterocycles. The summed E-state index contributed by atoms with van der Waals surface area (Å²) in [4.78, 5) is 0. The number of ether oxygens (including phenoxy) is 1. The zero-order chi connectivity index (χ0) is 9.52. The van der Waals surface area contributed by atoms with Gasteiger partial charge in [0, 0.05) is 11.1 Å². The minimum atomic E-state index is 0.674. The fourth-order valence-corrected chi connectivity index (χ4v) is 1.22. The van der Waals surface area contributed by atoms with Gasteiger partial charge in [0.25, 0.3) is 0 Å². The summed E-state index contributed by atoms with van der Waals surface area (Å²) < 4.78 is 6.50. The van der Waals surface area contributed by atoms with Crippen LogP contribution in [0.2, 0.25) is 0 Å². The molecule has 0 amide bonds. The number of nitrogens with two attached hydrogens (primary N) is 1. The lowest BCUT2D eigenvalue weighted by Gasteiger charge is -2.03. The van der Waals surface area contributed by atoms with Gasteiger partial charge in [-0.2, -0.15) is 0 Å². The second-order valence-corrected chi connectivity index (χ2v) is 3.74. The van der Waals surface area contributed by atoms with Crippen molar-refractivity contribution >= 4 is 15.9 Å². The SMILES string of the molecule is NCCCOCc1ccc(Br)cc1. The summed E-state index contributed by atoms with van der Waals surface area (Å²) in [6.45, 7) is 2.11. The highest BCUT2D eigenvalue weighted by Crippen LogP contribution is 2.10. The van der Waals surface area contributed by atoms with Crippen LogP contribution in [0.5, 0.6) is 0 Å². The number of halogens is 1. The molecule has 0 fully saturated rings. The third-order valence-electron chi connectivity index (χ3n) is 1.67. The van der Waals surface area contributed by atoms with Gasteiger partial charge in [-0.3, -0.25) is 0 Å². The molecule has 0 aliphatic heterocycles. The lowest BCUT2D eigenvalue weighted by atomic mass is 10.2. The van der Waals surface area contributed by atoms with Gasteiger partial charge in [-0.15, -0.1) is 0 Å². The fourth-order valence-electron chi connectivity index (χ4n) is 0.956. The molecular weight excluding hydrogens is 230 g/mol. The summed E-state index contributed by atoms with van der Waals surface area (Å²) in [6.07, 6.45) is 0.927. The molecule has 0 spiro atoms. The van der Waals surface area contributed by atoms with Crippen LogP contribution in [-0.4, -0.2) is 13.2 Å². The van der Waals surface area contributed by atoms with Crippen LogP contribution >= 0.6 is 15.9 Å². The molecule has 0 bridgehead atoms. The van der Waals surface area contributed by atoms with Crippen LogP contribution in [0.3, 0.4) is 0 Å². The Hall–Kier alpha value is -0.380. The normalized spacial score (nSPS) is 10.3. The number of rotatable bonds is 5. The molecule has 2 nitrogen and oxygen atoms in total. The van der Waals surface area contributed by atoms with E-state index in [-0.39, 0.29) is 0 Å². The standard InChI is InChI=1S/C10H14BrNO/c11-10-4-2-9(3-5-10)8-13-7-1-6-12/h2-5H,1,6-8,12H2. The molecule has 0 radical (unpaired) electrons. The first-order chi connectivity index (χ1) is 6.33. The van der Waals surface area contributed by atoms with Crippen molar-refractivity contribution in [2.75, 3.05) is 13.2 Å². The van der Waals surface area contributed by atoms with Gasteiger partial charge >= 0.3 is 0 Å². The Labute approximate surface area is 87.2 Å². The zero-order valence-electron chi connectivity index (χ0n) is 7.50. The molecule has 0 saturated heterocycles. The molecule has 13 heavy (non-hydrogen) atoms. The average Bonchev–Trinajstić information content (AvgIpc) is 2.15. The molecule has 0 aliphatic rings. The molecule has 1 rings (SSSR count). The fraction of sp³-hybridized carbons (Fsp3) is 0.400. The van der Waals surface area contributed by atoms with Gasteiger partial charge in [0.2, 0.25) is 0 Å². The largest absolute Gasteiger partial charge is 0.377 e. The highest BCUT2D eigenvalue weighted by Gasteiger charge is 1.92. The Morgan fingerprint density at radius 3 is 2.54 bits per heavy atom. The minimum absolute atomic E-state index is 0.674. The number of hydrogen-bond acceptors (Lipinski definition) is 2. The summed E-state index contributed by atoms with van der Waals surface area (Å²) in [5, 5.41) is 0. The summed E-state index contributed by atoms with van der Waals surface area (Å²) >= 11 is 3.38. The predicted molar refractivity (Wildman–Crippen MR) is 57.5 cm³/mol. The van der Waals surface area contributed by atoms with Crippen LogP contribution < -0.4 is 5.73 Å². The van der Waals surface area contributed by atoms with Gasteiger partial charge in [-0.05, 0) is 30.7 Å². The van der Waals surface area contributed by atoms with Crippen LogP contribution in [0.25, 0.3) is 0 Å². The van der Waals surface area contributed by atoms with Crippen molar-refractivity contribution in [1.82, 2.24) is 0 Å². The Balaban J connectivity index is 2.25. The van der Waals surface area contributed by atoms with Crippen LogP contribution in [0.1, 0.15) is 12.0 Å². The van der Waals surface area contributed by atoms with Crippen LogP contribution in [0.15, 0.2) is 28.7 Å². The van der Waals surface area contributed by atoms with Crippen LogP contribution in [0.4, 0.5) is 0 Å². The zero-order valence-corrected chi connectivity index (χ0v) is 9.09. The Morgan fingerprint density at radius 1 is 1.23 bits per heavy atom. The quantitative estimate of drug-likeness (QED) is 0.806. The molecule has 0 saturated carbocycles. The van der Waals surface area contributed by atoms with Crippen molar-refractivity contribution in [3.05, 3.63) is 34.3 Å². The second kappa shape index (κ2) is 6.13. The maximum Gasteiger partial charge on any atom is 0.0716 e. The van der Waals surface area contributed by atoms with E-state index >= 15 is 0 Å². The van der Waals surface area contributed by atoms with E-state index in [9.17, 15) is 0 Å². The lowest BCUT2D eigenvalue weighted by molar-refractivity contribution is 0.120. The van der Waals surface area contributed by atoms with Gasteiger partial charge < -0.3 is 10.5 Å². The summed E-state index contributed by atoms with van der Waals surface area (Å²) in [5.41, 5.74) is 6.54. The second-order valence-electron chi connectivity index (χ2n) is 2.82. The maximum absolute atomic E-state index is 5.40. The monoisotopic (exact) mass is 243 g/mol. The third-order valence-corrected chi connectivity index (χ3v) is 2.20. The van der Waals surface area contributed by atoms with E-state index in [0.29, 0.717) is 13.2 Å². The maximum atomic E-state index is 5.40. The first kappa shape index (κ1) is 10.7. The van der Waals surface area contributed by atoms with Crippen molar-refractivity contribution in [1.29, 1.82) is 0 Å².